The standard InChI is InChI=1S/C24H28AsNO3/c1-3-14-9-16-11-18(12-17(16)10-15(14)4-2)25-13-22(28)19-5-7-21(27)24-20(19)6-8-23(29)26-24/h5-10,18,22,25,27-28H,3-4,11-13H2,1-2H3,(H,26,29). The number of aromatic nitrogens is 1. The number of phenolic OH excluding ortho intramolecular Hbond substituents is 1. The summed E-state index contributed by atoms with van der Waals surface area (Å²) in [5, 5.41) is 22.4. The molecule has 1 heterocycles. The van der Waals surface area contributed by atoms with Gasteiger partial charge in [-0.15, -0.1) is 0 Å². The molecular formula is C24H28AsNO3. The average Bonchev–Trinajstić information content (AvgIpc) is 3.13. The zero-order valence-electron chi connectivity index (χ0n) is 17.0. The fourth-order valence-electron chi connectivity index (χ4n) is 4.51. The van der Waals surface area contributed by atoms with Crippen LogP contribution in [0.4, 0.5) is 0 Å². The Morgan fingerprint density at radius 1 is 1.07 bits per heavy atom. The summed E-state index contributed by atoms with van der Waals surface area (Å²) < 4.78 is 0.680. The monoisotopic (exact) mass is 453 g/mol. The number of pyridine rings is 1. The maximum absolute atomic E-state index is 11.6. The van der Waals surface area contributed by atoms with E-state index in [0.717, 1.165) is 41.8 Å². The van der Waals surface area contributed by atoms with Crippen LogP contribution in [0.15, 0.2) is 41.2 Å². The van der Waals surface area contributed by atoms with Gasteiger partial charge < -0.3 is 0 Å². The Bertz CT molecular complexity index is 1070. The van der Waals surface area contributed by atoms with Gasteiger partial charge in [-0.2, -0.15) is 0 Å². The molecule has 5 heteroatoms. The number of aryl methyl sites for hydroxylation is 2. The van der Waals surface area contributed by atoms with Crippen LogP contribution in [0.3, 0.4) is 0 Å². The Balaban J connectivity index is 1.48. The van der Waals surface area contributed by atoms with E-state index in [1.54, 1.807) is 18.2 Å². The van der Waals surface area contributed by atoms with Gasteiger partial charge in [-0.25, -0.2) is 0 Å². The maximum atomic E-state index is 11.6. The van der Waals surface area contributed by atoms with Crippen LogP contribution in [0.2, 0.25) is 9.91 Å². The van der Waals surface area contributed by atoms with Crippen molar-refractivity contribution >= 4 is 26.7 Å². The van der Waals surface area contributed by atoms with E-state index in [-0.39, 0.29) is 27.1 Å². The fraction of sp³-hybridized carbons (Fsp3) is 0.375. The summed E-state index contributed by atoms with van der Waals surface area (Å²) in [5.74, 6) is 0.0365. The molecule has 0 aliphatic heterocycles. The molecule has 0 saturated carbocycles. The summed E-state index contributed by atoms with van der Waals surface area (Å²) >= 11 is -0.331. The van der Waals surface area contributed by atoms with Crippen molar-refractivity contribution < 1.29 is 10.2 Å². The molecule has 3 N–H and O–H groups in total. The van der Waals surface area contributed by atoms with Crippen LogP contribution < -0.4 is 5.56 Å². The van der Waals surface area contributed by atoms with Gasteiger partial charge in [0.25, 0.3) is 0 Å². The molecule has 1 aliphatic carbocycles. The molecule has 0 spiro atoms. The third-order valence-electron chi connectivity index (χ3n) is 6.08. The minimum absolute atomic E-state index is 0.0365. The van der Waals surface area contributed by atoms with E-state index in [9.17, 15) is 15.0 Å². The summed E-state index contributed by atoms with van der Waals surface area (Å²) in [6, 6.07) is 11.3. The van der Waals surface area contributed by atoms with Gasteiger partial charge in [-0.3, -0.25) is 0 Å². The average molecular weight is 453 g/mol. The van der Waals surface area contributed by atoms with E-state index in [0.29, 0.717) is 10.2 Å². The van der Waals surface area contributed by atoms with Crippen LogP contribution >= 0.6 is 0 Å². The molecule has 1 aliphatic rings. The summed E-state index contributed by atoms with van der Waals surface area (Å²) in [4.78, 5) is 14.3. The Kier molecular flexibility index (Phi) is 5.85. The predicted octanol–water partition coefficient (Wildman–Crippen LogP) is 3.83. The van der Waals surface area contributed by atoms with Crippen molar-refractivity contribution in [3.8, 4) is 5.75 Å². The van der Waals surface area contributed by atoms with Gasteiger partial charge in [0.05, 0.1) is 0 Å². The van der Waals surface area contributed by atoms with Crippen molar-refractivity contribution in [3.05, 3.63) is 74.6 Å². The second kappa shape index (κ2) is 8.37. The third-order valence-corrected chi connectivity index (χ3v) is 9.46. The normalized spacial score (nSPS) is 15.4. The zero-order valence-corrected chi connectivity index (χ0v) is 19.1. The van der Waals surface area contributed by atoms with Crippen molar-refractivity contribution in [1.82, 2.24) is 4.98 Å². The van der Waals surface area contributed by atoms with Gasteiger partial charge >= 0.3 is 178 Å². The van der Waals surface area contributed by atoms with Gasteiger partial charge in [-0.1, -0.05) is 0 Å². The van der Waals surface area contributed by atoms with E-state index in [1.165, 1.54) is 28.3 Å². The second-order valence-electron chi connectivity index (χ2n) is 7.91. The van der Waals surface area contributed by atoms with Gasteiger partial charge in [0, 0.05) is 0 Å². The summed E-state index contributed by atoms with van der Waals surface area (Å²) in [6.07, 6.45) is 3.90. The third kappa shape index (κ3) is 4.01. The van der Waals surface area contributed by atoms with Crippen LogP contribution in [0, 0.1) is 0 Å². The Hall–Kier alpha value is -2.03. The molecule has 0 amide bonds. The first-order chi connectivity index (χ1) is 14.0. The number of aromatic hydroxyl groups is 1. The number of phenols is 1. The van der Waals surface area contributed by atoms with Gasteiger partial charge in [0.15, 0.2) is 0 Å². The first kappa shape index (κ1) is 20.2. The molecule has 0 fully saturated rings. The van der Waals surface area contributed by atoms with Crippen LogP contribution in [-0.2, 0) is 25.7 Å². The number of nitrogens with one attached hydrogen (secondary N) is 1. The molecule has 3 aromatic rings. The Morgan fingerprint density at radius 2 is 1.72 bits per heavy atom. The van der Waals surface area contributed by atoms with Crippen molar-refractivity contribution in [3.63, 3.8) is 0 Å². The van der Waals surface area contributed by atoms with E-state index in [4.69, 9.17) is 0 Å². The number of aromatic amines is 1. The van der Waals surface area contributed by atoms with E-state index in [1.807, 2.05) is 0 Å². The first-order valence-electron chi connectivity index (χ1n) is 10.4. The molecule has 0 bridgehead atoms. The number of aliphatic hydroxyl groups is 1. The molecule has 2 unspecified atom stereocenters. The molecule has 1 aromatic heterocycles. The van der Waals surface area contributed by atoms with Gasteiger partial charge in [-0.05, 0) is 0 Å². The number of benzene rings is 2. The van der Waals surface area contributed by atoms with E-state index in [2.05, 4.69) is 31.0 Å². The molecular weight excluding hydrogens is 425 g/mol. The number of rotatable bonds is 6. The summed E-state index contributed by atoms with van der Waals surface area (Å²) in [7, 11) is 0. The first-order valence-corrected chi connectivity index (χ1v) is 13.1. The molecule has 4 nitrogen and oxygen atoms in total. The second-order valence-corrected chi connectivity index (χ2v) is 11.3. The van der Waals surface area contributed by atoms with Crippen LogP contribution in [-0.4, -0.2) is 30.9 Å². The fourth-order valence-corrected chi connectivity index (χ4v) is 7.67. The van der Waals surface area contributed by atoms with Crippen molar-refractivity contribution in [2.24, 2.45) is 0 Å². The quantitative estimate of drug-likeness (QED) is 0.497. The van der Waals surface area contributed by atoms with Crippen LogP contribution in [0.25, 0.3) is 10.9 Å². The molecule has 0 saturated heterocycles. The number of hydrogen-bond donors (Lipinski definition) is 3. The summed E-state index contributed by atoms with van der Waals surface area (Å²) in [6.45, 7) is 4.46. The number of hydrogen-bond acceptors (Lipinski definition) is 3. The SMILES string of the molecule is CCc1cc2c(cc1CC)CC([AsH]CC(O)c1ccc(O)c3[nH]c(=O)ccc13)C2. The molecule has 29 heavy (non-hydrogen) atoms. The van der Waals surface area contributed by atoms with Crippen LogP contribution in [0.5, 0.6) is 5.75 Å². The van der Waals surface area contributed by atoms with Crippen molar-refractivity contribution in [2.75, 3.05) is 0 Å². The number of aliphatic hydroxyl groups excluding tert-OH is 1. The molecule has 2 aromatic carbocycles. The topological polar surface area (TPSA) is 73.3 Å². The minimum atomic E-state index is -0.565. The number of fused-ring (bicyclic) bond motifs is 2. The van der Waals surface area contributed by atoms with E-state index < -0.39 is 6.10 Å². The molecule has 0 radical (unpaired) electrons. The predicted molar refractivity (Wildman–Crippen MR) is 120 cm³/mol. The number of H-pyrrole nitrogens is 1. The van der Waals surface area contributed by atoms with Crippen LogP contribution in [0.1, 0.15) is 47.8 Å². The van der Waals surface area contributed by atoms with Crippen molar-refractivity contribution in [2.45, 2.75) is 55.5 Å². The van der Waals surface area contributed by atoms with E-state index >= 15 is 0 Å². The Labute approximate surface area is 177 Å². The summed E-state index contributed by atoms with van der Waals surface area (Å²) in [5.41, 5.74) is 6.92. The van der Waals surface area contributed by atoms with Crippen molar-refractivity contribution in [1.29, 1.82) is 0 Å². The molecule has 152 valence electrons. The van der Waals surface area contributed by atoms with Gasteiger partial charge in [0.1, 0.15) is 0 Å². The molecule has 2 atom stereocenters. The van der Waals surface area contributed by atoms with Gasteiger partial charge in [0.2, 0.25) is 0 Å². The Morgan fingerprint density at radius 3 is 2.34 bits per heavy atom. The zero-order chi connectivity index (χ0) is 20.5. The molecule has 4 rings (SSSR count).